The molecule has 0 radical (unpaired) electrons. The van der Waals surface area contributed by atoms with E-state index in [2.05, 4.69) is 15.3 Å². The molecule has 1 aromatic rings. The number of hydrogen-bond acceptors (Lipinski definition) is 6. The van der Waals surface area contributed by atoms with Crippen LogP contribution in [0.5, 0.6) is 5.88 Å². The van der Waals surface area contributed by atoms with Crippen molar-refractivity contribution >= 4 is 11.5 Å². The molecule has 2 unspecified atom stereocenters. The highest BCUT2D eigenvalue weighted by Crippen LogP contribution is 2.27. The molecule has 0 bridgehead atoms. The standard InChI is InChI=1S/C13H22N4O2/c1-2-19-13-11(14)12(15-8-16-13)17-9-6-4-3-5-7-10(9)18/h8-10,18H,2-7,14H2,1H3,(H,15,16,17). The number of rotatable bonds is 4. The van der Waals surface area contributed by atoms with Crippen LogP contribution in [0.25, 0.3) is 0 Å². The van der Waals surface area contributed by atoms with Gasteiger partial charge < -0.3 is 20.9 Å². The Balaban J connectivity index is 2.11. The molecule has 4 N–H and O–H groups in total. The summed E-state index contributed by atoms with van der Waals surface area (Å²) in [5.41, 5.74) is 6.38. The molecule has 1 heterocycles. The lowest BCUT2D eigenvalue weighted by Crippen LogP contribution is -2.33. The predicted octanol–water partition coefficient (Wildman–Crippen LogP) is 1.56. The highest BCUT2D eigenvalue weighted by atomic mass is 16.5. The van der Waals surface area contributed by atoms with Gasteiger partial charge in [0.25, 0.3) is 0 Å². The molecule has 106 valence electrons. The van der Waals surface area contributed by atoms with Crippen LogP contribution in [0.2, 0.25) is 0 Å². The molecule has 1 aliphatic rings. The van der Waals surface area contributed by atoms with Gasteiger partial charge in [-0.1, -0.05) is 19.3 Å². The molecule has 0 spiro atoms. The first-order valence-electron chi connectivity index (χ1n) is 6.90. The van der Waals surface area contributed by atoms with E-state index >= 15 is 0 Å². The summed E-state index contributed by atoms with van der Waals surface area (Å²) in [6.45, 7) is 2.39. The molecular formula is C13H22N4O2. The van der Waals surface area contributed by atoms with Gasteiger partial charge in [-0.3, -0.25) is 0 Å². The van der Waals surface area contributed by atoms with Crippen LogP contribution in [0, 0.1) is 0 Å². The van der Waals surface area contributed by atoms with E-state index in [1.165, 1.54) is 12.7 Å². The van der Waals surface area contributed by atoms with Crippen LogP contribution < -0.4 is 15.8 Å². The number of hydrogen-bond donors (Lipinski definition) is 3. The average Bonchev–Trinajstić information content (AvgIpc) is 2.60. The highest BCUT2D eigenvalue weighted by molar-refractivity contribution is 5.66. The number of nitrogens with zero attached hydrogens (tertiary/aromatic N) is 2. The van der Waals surface area contributed by atoms with E-state index in [-0.39, 0.29) is 12.1 Å². The Labute approximate surface area is 113 Å². The minimum Gasteiger partial charge on any atom is -0.476 e. The summed E-state index contributed by atoms with van der Waals surface area (Å²) in [6.07, 6.45) is 6.16. The van der Waals surface area contributed by atoms with Crippen molar-refractivity contribution in [3.8, 4) is 5.88 Å². The van der Waals surface area contributed by atoms with Gasteiger partial charge in [0.1, 0.15) is 12.0 Å². The van der Waals surface area contributed by atoms with Gasteiger partial charge in [-0.2, -0.15) is 4.98 Å². The molecule has 1 aromatic heterocycles. The van der Waals surface area contributed by atoms with Crippen molar-refractivity contribution in [3.05, 3.63) is 6.33 Å². The quantitative estimate of drug-likeness (QED) is 0.716. The van der Waals surface area contributed by atoms with Gasteiger partial charge >= 0.3 is 0 Å². The third-order valence-electron chi connectivity index (χ3n) is 3.43. The van der Waals surface area contributed by atoms with Crippen LogP contribution in [0.1, 0.15) is 39.0 Å². The van der Waals surface area contributed by atoms with Crippen molar-refractivity contribution in [2.75, 3.05) is 17.7 Å². The Morgan fingerprint density at radius 3 is 2.95 bits per heavy atom. The third kappa shape index (κ3) is 3.47. The number of ether oxygens (including phenoxy) is 1. The van der Waals surface area contributed by atoms with Crippen LogP contribution in [-0.2, 0) is 0 Å². The first-order valence-corrected chi connectivity index (χ1v) is 6.90. The minimum atomic E-state index is -0.354. The van der Waals surface area contributed by atoms with Crippen molar-refractivity contribution in [1.82, 2.24) is 9.97 Å². The molecule has 19 heavy (non-hydrogen) atoms. The van der Waals surface area contributed by atoms with Gasteiger partial charge in [0.15, 0.2) is 5.82 Å². The lowest BCUT2D eigenvalue weighted by molar-refractivity contribution is 0.144. The number of aliphatic hydroxyl groups excluding tert-OH is 1. The van der Waals surface area contributed by atoms with E-state index in [0.29, 0.717) is 24.0 Å². The average molecular weight is 266 g/mol. The molecular weight excluding hydrogens is 244 g/mol. The Kier molecular flexibility index (Phi) is 4.79. The van der Waals surface area contributed by atoms with Crippen LogP contribution in [-0.4, -0.2) is 33.8 Å². The molecule has 0 amide bonds. The fourth-order valence-corrected chi connectivity index (χ4v) is 2.38. The van der Waals surface area contributed by atoms with E-state index in [1.54, 1.807) is 0 Å². The molecule has 0 aliphatic heterocycles. The summed E-state index contributed by atoms with van der Waals surface area (Å²) in [7, 11) is 0. The second-order valence-corrected chi connectivity index (χ2v) is 4.83. The molecule has 1 aliphatic carbocycles. The van der Waals surface area contributed by atoms with E-state index in [0.717, 1.165) is 25.7 Å². The molecule has 2 atom stereocenters. The maximum Gasteiger partial charge on any atom is 0.242 e. The van der Waals surface area contributed by atoms with Crippen molar-refractivity contribution in [2.45, 2.75) is 51.2 Å². The Hall–Kier alpha value is -1.56. The number of nitrogens with one attached hydrogen (secondary N) is 1. The van der Waals surface area contributed by atoms with E-state index in [4.69, 9.17) is 10.5 Å². The fourth-order valence-electron chi connectivity index (χ4n) is 2.38. The summed E-state index contributed by atoms with van der Waals surface area (Å²) in [5, 5.41) is 13.3. The number of aromatic nitrogens is 2. The zero-order valence-corrected chi connectivity index (χ0v) is 11.3. The predicted molar refractivity (Wildman–Crippen MR) is 74.1 cm³/mol. The number of aliphatic hydroxyl groups is 1. The van der Waals surface area contributed by atoms with Gasteiger partial charge in [-0.05, 0) is 19.8 Å². The molecule has 0 aromatic carbocycles. The highest BCUT2D eigenvalue weighted by Gasteiger charge is 2.23. The minimum absolute atomic E-state index is 0.00539. The third-order valence-corrected chi connectivity index (χ3v) is 3.43. The summed E-state index contributed by atoms with van der Waals surface area (Å²) in [4.78, 5) is 8.14. The fraction of sp³-hybridized carbons (Fsp3) is 0.692. The summed E-state index contributed by atoms with van der Waals surface area (Å²) >= 11 is 0. The Morgan fingerprint density at radius 2 is 2.16 bits per heavy atom. The molecule has 1 saturated carbocycles. The zero-order chi connectivity index (χ0) is 13.7. The summed E-state index contributed by atoms with van der Waals surface area (Å²) < 4.78 is 5.34. The van der Waals surface area contributed by atoms with E-state index in [1.807, 2.05) is 6.92 Å². The topological polar surface area (TPSA) is 93.3 Å². The van der Waals surface area contributed by atoms with E-state index in [9.17, 15) is 5.11 Å². The zero-order valence-electron chi connectivity index (χ0n) is 11.3. The Bertz CT molecular complexity index is 414. The maximum atomic E-state index is 10.1. The molecule has 6 heteroatoms. The normalized spacial score (nSPS) is 23.7. The smallest absolute Gasteiger partial charge is 0.242 e. The number of nitrogen functional groups attached to an aromatic ring is 1. The van der Waals surface area contributed by atoms with Crippen molar-refractivity contribution in [1.29, 1.82) is 0 Å². The summed E-state index contributed by atoms with van der Waals surface area (Å²) in [5.74, 6) is 0.938. The number of anilines is 2. The second kappa shape index (κ2) is 6.56. The number of nitrogens with two attached hydrogens (primary N) is 1. The van der Waals surface area contributed by atoms with Gasteiger partial charge in [-0.15, -0.1) is 0 Å². The lowest BCUT2D eigenvalue weighted by atomic mass is 10.1. The monoisotopic (exact) mass is 266 g/mol. The molecule has 6 nitrogen and oxygen atoms in total. The molecule has 0 saturated heterocycles. The van der Waals surface area contributed by atoms with E-state index < -0.39 is 0 Å². The van der Waals surface area contributed by atoms with Crippen LogP contribution >= 0.6 is 0 Å². The SMILES string of the molecule is CCOc1ncnc(NC2CCCCCC2O)c1N. The van der Waals surface area contributed by atoms with Gasteiger partial charge in [0.05, 0.1) is 18.8 Å². The Morgan fingerprint density at radius 1 is 1.37 bits per heavy atom. The van der Waals surface area contributed by atoms with Gasteiger partial charge in [0.2, 0.25) is 5.88 Å². The van der Waals surface area contributed by atoms with Crippen LogP contribution in [0.3, 0.4) is 0 Å². The molecule has 1 fully saturated rings. The first-order chi connectivity index (χ1) is 9.22. The second-order valence-electron chi connectivity index (χ2n) is 4.83. The molecule has 2 rings (SSSR count). The van der Waals surface area contributed by atoms with Crippen molar-refractivity contribution in [2.24, 2.45) is 0 Å². The van der Waals surface area contributed by atoms with Crippen LogP contribution in [0.4, 0.5) is 11.5 Å². The van der Waals surface area contributed by atoms with Crippen molar-refractivity contribution < 1.29 is 9.84 Å². The van der Waals surface area contributed by atoms with Gasteiger partial charge in [0, 0.05) is 0 Å². The lowest BCUT2D eigenvalue weighted by Gasteiger charge is -2.23. The summed E-state index contributed by atoms with van der Waals surface area (Å²) in [6, 6.07) is -0.00539. The van der Waals surface area contributed by atoms with Crippen molar-refractivity contribution in [3.63, 3.8) is 0 Å². The van der Waals surface area contributed by atoms with Crippen LogP contribution in [0.15, 0.2) is 6.33 Å². The first kappa shape index (κ1) is 13.9. The van der Waals surface area contributed by atoms with Gasteiger partial charge in [-0.25, -0.2) is 4.98 Å². The maximum absolute atomic E-state index is 10.1. The largest absolute Gasteiger partial charge is 0.476 e.